The second-order valence-corrected chi connectivity index (χ2v) is 7.71. The summed E-state index contributed by atoms with van der Waals surface area (Å²) < 4.78 is 26.5. The molecule has 2 rings (SSSR count). The Bertz CT molecular complexity index is 643. The van der Waals surface area contributed by atoms with Gasteiger partial charge in [0.15, 0.2) is 0 Å². The van der Waals surface area contributed by atoms with E-state index in [1.165, 1.54) is 24.3 Å². The Morgan fingerprint density at radius 2 is 1.96 bits per heavy atom. The number of aliphatic hydroxyl groups is 1. The molecule has 0 aliphatic carbocycles. The molecule has 1 saturated heterocycles. The van der Waals surface area contributed by atoms with Crippen LogP contribution in [-0.4, -0.2) is 51.2 Å². The Kier molecular flexibility index (Phi) is 5.74. The summed E-state index contributed by atoms with van der Waals surface area (Å²) in [5.41, 5.74) is 0.383. The van der Waals surface area contributed by atoms with E-state index in [0.717, 1.165) is 0 Å². The van der Waals surface area contributed by atoms with Gasteiger partial charge in [-0.2, -0.15) is 0 Å². The van der Waals surface area contributed by atoms with E-state index in [0.29, 0.717) is 25.2 Å². The summed E-state index contributed by atoms with van der Waals surface area (Å²) in [6.45, 7) is 5.06. The molecule has 1 aliphatic rings. The molecule has 0 spiro atoms. The average Bonchev–Trinajstić information content (AvgIpc) is 2.89. The lowest BCUT2D eigenvalue weighted by Gasteiger charge is -2.14. The summed E-state index contributed by atoms with van der Waals surface area (Å²) in [5.74, 6) is -0.293. The van der Waals surface area contributed by atoms with Crippen molar-refractivity contribution in [2.45, 2.75) is 30.9 Å². The number of carbonyl (C=O) groups is 1. The van der Waals surface area contributed by atoms with Crippen LogP contribution in [0.2, 0.25) is 0 Å². The predicted octanol–water partition coefficient (Wildman–Crippen LogP) is -0.317. The van der Waals surface area contributed by atoms with E-state index in [1.807, 2.05) is 0 Å². The summed E-state index contributed by atoms with van der Waals surface area (Å²) in [5, 5.41) is 15.5. The van der Waals surface area contributed by atoms with Gasteiger partial charge in [0.2, 0.25) is 10.0 Å². The van der Waals surface area contributed by atoms with Gasteiger partial charge in [-0.1, -0.05) is 0 Å². The van der Waals surface area contributed by atoms with Crippen LogP contribution in [0.1, 0.15) is 24.2 Å². The molecule has 0 radical (unpaired) electrons. The molecule has 4 N–H and O–H groups in total. The molecule has 8 heteroatoms. The van der Waals surface area contributed by atoms with Crippen LogP contribution < -0.4 is 15.4 Å². The minimum atomic E-state index is -3.56. The van der Waals surface area contributed by atoms with Crippen molar-refractivity contribution in [2.24, 2.45) is 5.92 Å². The molecule has 7 nitrogen and oxygen atoms in total. The number of sulfonamides is 1. The first-order valence-electron chi connectivity index (χ1n) is 7.59. The number of β-amino-alcohol motifs (C(OH)–C–C–N with tert-alkyl or cyclic N) is 1. The normalized spacial score (nSPS) is 21.6. The van der Waals surface area contributed by atoms with Crippen LogP contribution in [0.4, 0.5) is 0 Å². The molecule has 1 aromatic rings. The largest absolute Gasteiger partial charge is 0.391 e. The highest BCUT2D eigenvalue weighted by Crippen LogP contribution is 2.12. The topological polar surface area (TPSA) is 108 Å². The van der Waals surface area contributed by atoms with Gasteiger partial charge in [-0.05, 0) is 38.1 Å². The highest BCUT2D eigenvalue weighted by atomic mass is 32.2. The Balaban J connectivity index is 1.97. The molecule has 1 aliphatic heterocycles. The van der Waals surface area contributed by atoms with Gasteiger partial charge in [-0.25, -0.2) is 13.1 Å². The molecule has 2 atom stereocenters. The smallest absolute Gasteiger partial charge is 0.251 e. The molecule has 2 unspecified atom stereocenters. The number of nitrogens with one attached hydrogen (secondary N) is 3. The zero-order chi connectivity index (χ0) is 17.0. The number of carbonyl (C=O) groups excluding carboxylic acids is 1. The Morgan fingerprint density at radius 1 is 1.30 bits per heavy atom. The van der Waals surface area contributed by atoms with Crippen molar-refractivity contribution in [3.8, 4) is 0 Å². The van der Waals surface area contributed by atoms with Gasteiger partial charge < -0.3 is 15.7 Å². The van der Waals surface area contributed by atoms with E-state index in [9.17, 15) is 18.3 Å². The maximum Gasteiger partial charge on any atom is 0.251 e. The fraction of sp³-hybridized carbons (Fsp3) is 0.533. The van der Waals surface area contributed by atoms with Gasteiger partial charge in [0, 0.05) is 37.2 Å². The van der Waals surface area contributed by atoms with Crippen LogP contribution in [-0.2, 0) is 10.0 Å². The summed E-state index contributed by atoms with van der Waals surface area (Å²) in [4.78, 5) is 12.2. The van der Waals surface area contributed by atoms with Crippen molar-refractivity contribution in [1.82, 2.24) is 15.4 Å². The van der Waals surface area contributed by atoms with Gasteiger partial charge in [-0.3, -0.25) is 4.79 Å². The lowest BCUT2D eigenvalue weighted by atomic mass is 10.1. The van der Waals surface area contributed by atoms with Crippen molar-refractivity contribution in [1.29, 1.82) is 0 Å². The molecule has 1 amide bonds. The molecule has 23 heavy (non-hydrogen) atoms. The average molecular weight is 341 g/mol. The number of amides is 1. The lowest BCUT2D eigenvalue weighted by molar-refractivity contribution is 0.0927. The second-order valence-electron chi connectivity index (χ2n) is 6.00. The highest BCUT2D eigenvalue weighted by molar-refractivity contribution is 7.89. The monoisotopic (exact) mass is 341 g/mol. The van der Waals surface area contributed by atoms with E-state index in [1.54, 1.807) is 13.8 Å². The van der Waals surface area contributed by atoms with Gasteiger partial charge in [0.25, 0.3) is 5.91 Å². The van der Waals surface area contributed by atoms with Crippen LogP contribution in [0.3, 0.4) is 0 Å². The van der Waals surface area contributed by atoms with E-state index in [2.05, 4.69) is 15.4 Å². The number of rotatable bonds is 6. The van der Waals surface area contributed by atoms with Gasteiger partial charge in [0.05, 0.1) is 11.0 Å². The number of hydrogen-bond donors (Lipinski definition) is 4. The molecular weight excluding hydrogens is 318 g/mol. The first-order valence-corrected chi connectivity index (χ1v) is 9.07. The van der Waals surface area contributed by atoms with Crippen LogP contribution in [0.5, 0.6) is 0 Å². The van der Waals surface area contributed by atoms with E-state index in [4.69, 9.17) is 0 Å². The van der Waals surface area contributed by atoms with Crippen LogP contribution in [0.25, 0.3) is 0 Å². The van der Waals surface area contributed by atoms with Crippen molar-refractivity contribution in [3.63, 3.8) is 0 Å². The third kappa shape index (κ3) is 4.74. The van der Waals surface area contributed by atoms with Crippen molar-refractivity contribution in [2.75, 3.05) is 19.6 Å². The summed E-state index contributed by atoms with van der Waals surface area (Å²) in [6.07, 6.45) is -0.454. The standard InChI is InChI=1S/C15H23N3O4S/c1-10(2)18-23(21,22)13-5-3-11(4-6-13)15(20)17-8-12-7-16-9-14(12)19/h3-6,10,12,14,16,18-19H,7-9H2,1-2H3,(H,17,20). The summed E-state index contributed by atoms with van der Waals surface area (Å²) in [6, 6.07) is 5.58. The Morgan fingerprint density at radius 3 is 2.48 bits per heavy atom. The first kappa shape index (κ1) is 17.9. The SMILES string of the molecule is CC(C)NS(=O)(=O)c1ccc(C(=O)NCC2CNCC2O)cc1. The van der Waals surface area contributed by atoms with Crippen LogP contribution in [0.15, 0.2) is 29.2 Å². The molecule has 128 valence electrons. The molecule has 0 bridgehead atoms. The summed E-state index contributed by atoms with van der Waals surface area (Å²) in [7, 11) is -3.56. The molecule has 0 aromatic heterocycles. The van der Waals surface area contributed by atoms with E-state index >= 15 is 0 Å². The van der Waals surface area contributed by atoms with Crippen LogP contribution in [0, 0.1) is 5.92 Å². The second kappa shape index (κ2) is 7.39. The van der Waals surface area contributed by atoms with Crippen LogP contribution >= 0.6 is 0 Å². The summed E-state index contributed by atoms with van der Waals surface area (Å²) >= 11 is 0. The fourth-order valence-electron chi connectivity index (χ4n) is 2.42. The minimum Gasteiger partial charge on any atom is -0.391 e. The van der Waals surface area contributed by atoms with Gasteiger partial charge in [-0.15, -0.1) is 0 Å². The lowest BCUT2D eigenvalue weighted by Crippen LogP contribution is -2.34. The van der Waals surface area contributed by atoms with Crippen molar-refractivity contribution in [3.05, 3.63) is 29.8 Å². The highest BCUT2D eigenvalue weighted by Gasteiger charge is 2.25. The predicted molar refractivity (Wildman–Crippen MR) is 86.6 cm³/mol. The maximum absolute atomic E-state index is 12.1. The minimum absolute atomic E-state index is 0.00570. The Labute approximate surface area is 136 Å². The Hall–Kier alpha value is -1.48. The molecule has 1 fully saturated rings. The maximum atomic E-state index is 12.1. The number of hydrogen-bond acceptors (Lipinski definition) is 5. The fourth-order valence-corrected chi connectivity index (χ4v) is 3.67. The zero-order valence-electron chi connectivity index (χ0n) is 13.2. The molecule has 1 aromatic carbocycles. The van der Waals surface area contributed by atoms with Gasteiger partial charge >= 0.3 is 0 Å². The quantitative estimate of drug-likeness (QED) is 0.567. The number of benzene rings is 1. The van der Waals surface area contributed by atoms with Gasteiger partial charge in [0.1, 0.15) is 0 Å². The van der Waals surface area contributed by atoms with Crippen molar-refractivity contribution < 1.29 is 18.3 Å². The van der Waals surface area contributed by atoms with E-state index in [-0.39, 0.29) is 22.8 Å². The molecule has 1 heterocycles. The first-order chi connectivity index (χ1) is 10.8. The third-order valence-electron chi connectivity index (χ3n) is 3.65. The zero-order valence-corrected chi connectivity index (χ0v) is 14.1. The number of aliphatic hydroxyl groups excluding tert-OH is 1. The van der Waals surface area contributed by atoms with Crippen molar-refractivity contribution >= 4 is 15.9 Å². The van der Waals surface area contributed by atoms with E-state index < -0.39 is 16.1 Å². The molecule has 0 saturated carbocycles. The molecular formula is C15H23N3O4S. The third-order valence-corrected chi connectivity index (χ3v) is 5.32.